The first kappa shape index (κ1) is 24.9. The maximum Gasteiger partial charge on any atom is 0.227 e. The molecule has 1 amide bonds. The Bertz CT molecular complexity index is 994. The van der Waals surface area contributed by atoms with E-state index in [1.807, 2.05) is 17.0 Å². The summed E-state index contributed by atoms with van der Waals surface area (Å²) in [6.07, 6.45) is 2.83. The molecule has 6 heteroatoms. The van der Waals surface area contributed by atoms with Crippen molar-refractivity contribution in [2.75, 3.05) is 32.8 Å². The van der Waals surface area contributed by atoms with Crippen LogP contribution in [0.3, 0.4) is 0 Å². The molecule has 0 saturated carbocycles. The quantitative estimate of drug-likeness (QED) is 0.505. The van der Waals surface area contributed by atoms with Crippen LogP contribution in [0, 0.1) is 18.8 Å². The Morgan fingerprint density at radius 1 is 1.18 bits per heavy atom. The van der Waals surface area contributed by atoms with Gasteiger partial charge in [0.15, 0.2) is 11.5 Å². The van der Waals surface area contributed by atoms with Crippen LogP contribution in [0.5, 0.6) is 11.5 Å². The zero-order chi connectivity index (χ0) is 24.1. The van der Waals surface area contributed by atoms with E-state index in [-0.39, 0.29) is 11.8 Å². The van der Waals surface area contributed by atoms with Crippen LogP contribution in [0.25, 0.3) is 0 Å². The first-order chi connectivity index (χ1) is 16.4. The molecule has 0 spiro atoms. The molecule has 34 heavy (non-hydrogen) atoms. The summed E-state index contributed by atoms with van der Waals surface area (Å²) in [4.78, 5) is 18.2. The molecule has 1 saturated heterocycles. The van der Waals surface area contributed by atoms with Crippen molar-refractivity contribution in [2.24, 2.45) is 11.8 Å². The Kier molecular flexibility index (Phi) is 8.38. The Labute approximate surface area is 209 Å². The molecular weight excluding hydrogens is 448 g/mol. The van der Waals surface area contributed by atoms with E-state index in [1.54, 1.807) is 0 Å². The number of hydrogen-bond acceptors (Lipinski definition) is 4. The fourth-order valence-electron chi connectivity index (χ4n) is 4.96. The normalized spacial score (nSPS) is 18.6. The zero-order valence-electron chi connectivity index (χ0n) is 20.7. The number of benzene rings is 2. The van der Waals surface area contributed by atoms with Crippen LogP contribution in [-0.4, -0.2) is 48.6 Å². The molecule has 0 radical (unpaired) electrons. The van der Waals surface area contributed by atoms with Gasteiger partial charge in [0.05, 0.1) is 24.2 Å². The third-order valence-electron chi connectivity index (χ3n) is 6.64. The van der Waals surface area contributed by atoms with Gasteiger partial charge in [0.1, 0.15) is 0 Å². The van der Waals surface area contributed by atoms with Gasteiger partial charge in [-0.2, -0.15) is 0 Å². The number of fused-ring (bicyclic) bond motifs is 1. The van der Waals surface area contributed by atoms with Crippen LogP contribution < -0.4 is 9.47 Å². The number of halogens is 1. The van der Waals surface area contributed by atoms with Crippen molar-refractivity contribution in [3.63, 3.8) is 0 Å². The molecule has 0 N–H and O–H groups in total. The summed E-state index contributed by atoms with van der Waals surface area (Å²) in [5.41, 5.74) is 3.64. The highest BCUT2D eigenvalue weighted by atomic mass is 35.5. The molecule has 1 unspecified atom stereocenters. The van der Waals surface area contributed by atoms with Gasteiger partial charge in [0.25, 0.3) is 0 Å². The molecule has 0 aromatic heterocycles. The molecule has 5 nitrogen and oxygen atoms in total. The second kappa shape index (κ2) is 11.5. The van der Waals surface area contributed by atoms with Gasteiger partial charge >= 0.3 is 0 Å². The van der Waals surface area contributed by atoms with E-state index in [2.05, 4.69) is 49.9 Å². The lowest BCUT2D eigenvalue weighted by atomic mass is 9.95. The number of nitrogens with zero attached hydrogens (tertiary/aromatic N) is 2. The maximum absolute atomic E-state index is 13.7. The van der Waals surface area contributed by atoms with Gasteiger partial charge in [-0.1, -0.05) is 49.7 Å². The summed E-state index contributed by atoms with van der Waals surface area (Å²) in [6, 6.07) is 12.4. The first-order valence-corrected chi connectivity index (χ1v) is 12.9. The van der Waals surface area contributed by atoms with Gasteiger partial charge in [0.2, 0.25) is 5.91 Å². The Morgan fingerprint density at radius 2 is 1.97 bits per heavy atom. The third-order valence-corrected chi connectivity index (χ3v) is 6.92. The van der Waals surface area contributed by atoms with Crippen molar-refractivity contribution in [2.45, 2.75) is 53.1 Å². The number of carbonyl (C=O) groups excluding carboxylic acids is 1. The van der Waals surface area contributed by atoms with Crippen molar-refractivity contribution in [1.82, 2.24) is 9.80 Å². The van der Waals surface area contributed by atoms with Crippen LogP contribution in [0.4, 0.5) is 0 Å². The monoisotopic (exact) mass is 484 g/mol. The minimum Gasteiger partial charge on any atom is -0.489 e. The van der Waals surface area contributed by atoms with Crippen LogP contribution in [-0.2, 0) is 17.9 Å². The average molecular weight is 485 g/mol. The molecule has 2 aromatic carbocycles. The van der Waals surface area contributed by atoms with E-state index in [0.29, 0.717) is 42.2 Å². The Balaban J connectivity index is 1.47. The van der Waals surface area contributed by atoms with E-state index in [1.165, 1.54) is 11.1 Å². The number of aryl methyl sites for hydroxylation is 1. The molecule has 184 valence electrons. The number of hydrogen-bond donors (Lipinski definition) is 0. The van der Waals surface area contributed by atoms with Gasteiger partial charge < -0.3 is 14.4 Å². The second-order valence-corrected chi connectivity index (χ2v) is 10.5. The second-order valence-electron chi connectivity index (χ2n) is 10.1. The van der Waals surface area contributed by atoms with E-state index < -0.39 is 0 Å². The van der Waals surface area contributed by atoms with Crippen molar-refractivity contribution < 1.29 is 14.3 Å². The standard InChI is InChI=1S/C28H37ClN2O3/c1-20(2)16-31(17-22-14-25(29)27-26(15-22)33-12-7-13-34-27)28(32)24-10-6-11-30(19-24)18-23-9-5-4-8-21(23)3/h4-5,8-9,14-15,20,24H,6-7,10-13,16-19H2,1-3H3. The van der Waals surface area contributed by atoms with Gasteiger partial charge in [-0.25, -0.2) is 0 Å². The van der Waals surface area contributed by atoms with Crippen LogP contribution in [0.2, 0.25) is 5.02 Å². The highest BCUT2D eigenvalue weighted by Gasteiger charge is 2.30. The highest BCUT2D eigenvalue weighted by molar-refractivity contribution is 6.32. The lowest BCUT2D eigenvalue weighted by molar-refractivity contribution is -0.138. The number of rotatable bonds is 7. The minimum atomic E-state index is 0.0207. The zero-order valence-corrected chi connectivity index (χ0v) is 21.4. The molecule has 2 aromatic rings. The van der Waals surface area contributed by atoms with E-state index in [4.69, 9.17) is 21.1 Å². The number of likely N-dealkylation sites (tertiary alicyclic amines) is 1. The largest absolute Gasteiger partial charge is 0.489 e. The van der Waals surface area contributed by atoms with Crippen molar-refractivity contribution in [3.8, 4) is 11.5 Å². The molecule has 4 rings (SSSR count). The van der Waals surface area contributed by atoms with Crippen LogP contribution >= 0.6 is 11.6 Å². The molecule has 2 aliphatic heterocycles. The molecule has 1 atom stereocenters. The highest BCUT2D eigenvalue weighted by Crippen LogP contribution is 2.38. The van der Waals surface area contributed by atoms with E-state index in [9.17, 15) is 4.79 Å². The van der Waals surface area contributed by atoms with Gasteiger partial charge in [0, 0.05) is 32.6 Å². The molecule has 1 fully saturated rings. The van der Waals surface area contributed by atoms with Gasteiger partial charge in [-0.05, 0) is 61.1 Å². The van der Waals surface area contributed by atoms with Crippen LogP contribution in [0.1, 0.15) is 49.8 Å². The summed E-state index contributed by atoms with van der Waals surface area (Å²) in [6.45, 7) is 11.7. The first-order valence-electron chi connectivity index (χ1n) is 12.5. The van der Waals surface area contributed by atoms with Crippen molar-refractivity contribution >= 4 is 17.5 Å². The summed E-state index contributed by atoms with van der Waals surface area (Å²) in [7, 11) is 0. The summed E-state index contributed by atoms with van der Waals surface area (Å²) < 4.78 is 11.6. The predicted molar refractivity (Wildman–Crippen MR) is 136 cm³/mol. The smallest absolute Gasteiger partial charge is 0.227 e. The molecule has 2 heterocycles. The SMILES string of the molecule is Cc1ccccc1CN1CCCC(C(=O)N(Cc2cc(Cl)c3c(c2)OCCCO3)CC(C)C)C1. The minimum absolute atomic E-state index is 0.0207. The number of piperidine rings is 1. The van der Waals surface area contributed by atoms with Crippen molar-refractivity contribution in [3.05, 3.63) is 58.1 Å². The fraction of sp³-hybridized carbons (Fsp3) is 0.536. The summed E-state index contributed by atoms with van der Waals surface area (Å²) >= 11 is 6.53. The van der Waals surface area contributed by atoms with Gasteiger partial charge in [-0.15, -0.1) is 0 Å². The van der Waals surface area contributed by atoms with Gasteiger partial charge in [-0.3, -0.25) is 9.69 Å². The van der Waals surface area contributed by atoms with E-state index >= 15 is 0 Å². The number of carbonyl (C=O) groups is 1. The maximum atomic E-state index is 13.7. The number of amides is 1. The number of ether oxygens (including phenoxy) is 2. The molecule has 0 bridgehead atoms. The predicted octanol–water partition coefficient (Wildman–Crippen LogP) is 5.71. The fourth-order valence-corrected chi connectivity index (χ4v) is 5.24. The topological polar surface area (TPSA) is 42.0 Å². The lowest BCUT2D eigenvalue weighted by Gasteiger charge is -2.36. The van der Waals surface area contributed by atoms with E-state index in [0.717, 1.165) is 51.0 Å². The lowest BCUT2D eigenvalue weighted by Crippen LogP contribution is -2.45. The third kappa shape index (κ3) is 6.25. The molecule has 0 aliphatic carbocycles. The Morgan fingerprint density at radius 3 is 2.76 bits per heavy atom. The van der Waals surface area contributed by atoms with Crippen molar-refractivity contribution in [1.29, 1.82) is 0 Å². The van der Waals surface area contributed by atoms with Crippen LogP contribution in [0.15, 0.2) is 36.4 Å². The molecular formula is C28H37ClN2O3. The summed E-state index contributed by atoms with van der Waals surface area (Å²) in [5.74, 6) is 1.94. The summed E-state index contributed by atoms with van der Waals surface area (Å²) in [5, 5.41) is 0.549. The molecule has 2 aliphatic rings. The average Bonchev–Trinajstić information content (AvgIpc) is 3.06. The Hall–Kier alpha value is -2.24.